The first kappa shape index (κ1) is 23.3. The Morgan fingerprint density at radius 1 is 1.24 bits per heavy atom. The van der Waals surface area contributed by atoms with Gasteiger partial charge in [0.05, 0.1) is 23.5 Å². The molecule has 172 valence electrons. The minimum absolute atomic E-state index is 0.148. The molecular formula is C24H27N5O2S2. The summed E-state index contributed by atoms with van der Waals surface area (Å²) in [5.74, 6) is 1.48. The summed E-state index contributed by atoms with van der Waals surface area (Å²) in [6, 6.07) is 10.0. The molecule has 0 atom stereocenters. The van der Waals surface area contributed by atoms with Gasteiger partial charge in [-0.3, -0.25) is 4.79 Å². The number of hydrogen-bond acceptors (Lipinski definition) is 7. The summed E-state index contributed by atoms with van der Waals surface area (Å²) in [5.41, 5.74) is 2.64. The molecule has 4 rings (SSSR count). The first-order valence-electron chi connectivity index (χ1n) is 11.2. The molecule has 9 heteroatoms. The van der Waals surface area contributed by atoms with Gasteiger partial charge in [0.2, 0.25) is 5.91 Å². The van der Waals surface area contributed by atoms with Crippen LogP contribution in [0.3, 0.4) is 0 Å². The van der Waals surface area contributed by atoms with Gasteiger partial charge in [-0.1, -0.05) is 36.7 Å². The van der Waals surface area contributed by atoms with Crippen LogP contribution in [0.4, 0.5) is 5.00 Å². The molecule has 1 N–H and O–H groups in total. The van der Waals surface area contributed by atoms with Crippen LogP contribution in [0.15, 0.2) is 29.4 Å². The topological polar surface area (TPSA) is 92.8 Å². The van der Waals surface area contributed by atoms with Crippen molar-refractivity contribution in [3.05, 3.63) is 40.3 Å². The van der Waals surface area contributed by atoms with Gasteiger partial charge in [0.1, 0.15) is 16.8 Å². The molecule has 2 aromatic heterocycles. The molecule has 0 radical (unpaired) electrons. The normalized spacial score (nSPS) is 13.5. The molecule has 33 heavy (non-hydrogen) atoms. The number of benzene rings is 1. The van der Waals surface area contributed by atoms with Gasteiger partial charge in [-0.2, -0.15) is 5.26 Å². The van der Waals surface area contributed by atoms with E-state index >= 15 is 0 Å². The molecule has 2 heterocycles. The Balaban J connectivity index is 1.45. The highest BCUT2D eigenvalue weighted by atomic mass is 32.2. The van der Waals surface area contributed by atoms with Crippen LogP contribution in [-0.2, 0) is 24.7 Å². The third-order valence-corrected chi connectivity index (χ3v) is 7.86. The van der Waals surface area contributed by atoms with E-state index in [1.807, 2.05) is 42.8 Å². The zero-order chi connectivity index (χ0) is 23.2. The maximum Gasteiger partial charge on any atom is 0.235 e. The zero-order valence-electron chi connectivity index (χ0n) is 18.9. The fraction of sp³-hybridized carbons (Fsp3) is 0.417. The third-order valence-electron chi connectivity index (χ3n) is 5.63. The van der Waals surface area contributed by atoms with Crippen LogP contribution in [0.2, 0.25) is 0 Å². The van der Waals surface area contributed by atoms with Crippen molar-refractivity contribution >= 4 is 34.0 Å². The van der Waals surface area contributed by atoms with E-state index in [2.05, 4.69) is 21.6 Å². The maximum absolute atomic E-state index is 12.7. The first-order valence-corrected chi connectivity index (χ1v) is 13.0. The molecule has 1 aliphatic carbocycles. The summed E-state index contributed by atoms with van der Waals surface area (Å²) in [6.45, 7) is 2.51. The Hall–Kier alpha value is -2.83. The second kappa shape index (κ2) is 10.9. The summed E-state index contributed by atoms with van der Waals surface area (Å²) < 4.78 is 7.58. The molecule has 0 fully saturated rings. The highest BCUT2D eigenvalue weighted by molar-refractivity contribution is 7.99. The number of hydrogen-bond donors (Lipinski definition) is 1. The number of amides is 1. The number of fused-ring (bicyclic) bond motifs is 1. The van der Waals surface area contributed by atoms with Crippen LogP contribution in [0.1, 0.15) is 48.6 Å². The summed E-state index contributed by atoms with van der Waals surface area (Å²) in [7, 11) is 1.88. The second-order valence-corrected chi connectivity index (χ2v) is 9.91. The number of anilines is 1. The highest BCUT2D eigenvalue weighted by Crippen LogP contribution is 2.37. The molecular weight excluding hydrogens is 454 g/mol. The number of thiophene rings is 1. The molecule has 1 aliphatic rings. The fourth-order valence-electron chi connectivity index (χ4n) is 4.03. The average molecular weight is 482 g/mol. The molecule has 0 aliphatic heterocycles. The van der Waals surface area contributed by atoms with Crippen LogP contribution in [-0.4, -0.2) is 33.0 Å². The van der Waals surface area contributed by atoms with Crippen molar-refractivity contribution in [2.75, 3.05) is 17.7 Å². The number of carbonyl (C=O) groups is 1. The molecule has 0 unspecified atom stereocenters. The van der Waals surface area contributed by atoms with Gasteiger partial charge in [-0.15, -0.1) is 21.5 Å². The van der Waals surface area contributed by atoms with E-state index in [0.717, 1.165) is 42.6 Å². The number of thioether (sulfide) groups is 1. The van der Waals surface area contributed by atoms with E-state index in [1.54, 1.807) is 11.3 Å². The molecule has 1 aromatic carbocycles. The number of nitriles is 1. The largest absolute Gasteiger partial charge is 0.493 e. The molecule has 0 saturated carbocycles. The van der Waals surface area contributed by atoms with Crippen LogP contribution in [0.25, 0.3) is 11.4 Å². The average Bonchev–Trinajstić information content (AvgIpc) is 3.32. The molecule has 0 bridgehead atoms. The molecule has 0 saturated heterocycles. The van der Waals surface area contributed by atoms with E-state index in [1.165, 1.54) is 29.5 Å². The van der Waals surface area contributed by atoms with E-state index in [4.69, 9.17) is 4.74 Å². The summed E-state index contributed by atoms with van der Waals surface area (Å²) in [4.78, 5) is 14.0. The van der Waals surface area contributed by atoms with Crippen molar-refractivity contribution in [1.82, 2.24) is 14.8 Å². The van der Waals surface area contributed by atoms with Gasteiger partial charge in [-0.05, 0) is 50.3 Å². The number of ether oxygens (including phenoxy) is 1. The molecule has 1 amide bonds. The Morgan fingerprint density at radius 3 is 2.82 bits per heavy atom. The first-order chi connectivity index (χ1) is 16.1. The number of para-hydroxylation sites is 1. The zero-order valence-corrected chi connectivity index (χ0v) is 20.5. The van der Waals surface area contributed by atoms with Gasteiger partial charge >= 0.3 is 0 Å². The van der Waals surface area contributed by atoms with Crippen LogP contribution >= 0.6 is 23.1 Å². The van der Waals surface area contributed by atoms with E-state index < -0.39 is 0 Å². The lowest BCUT2D eigenvalue weighted by atomic mass is 9.97. The maximum atomic E-state index is 12.7. The van der Waals surface area contributed by atoms with Crippen LogP contribution in [0, 0.1) is 11.3 Å². The second-order valence-electron chi connectivity index (χ2n) is 7.87. The smallest absolute Gasteiger partial charge is 0.235 e. The number of aryl methyl sites for hydroxylation is 1. The minimum atomic E-state index is -0.148. The van der Waals surface area contributed by atoms with Gasteiger partial charge in [0.25, 0.3) is 0 Å². The van der Waals surface area contributed by atoms with Crippen molar-refractivity contribution in [2.45, 2.75) is 50.6 Å². The van der Waals surface area contributed by atoms with Gasteiger partial charge in [0, 0.05) is 11.9 Å². The lowest BCUT2D eigenvalue weighted by Crippen LogP contribution is -2.14. The van der Waals surface area contributed by atoms with Crippen molar-refractivity contribution in [3.63, 3.8) is 0 Å². The van der Waals surface area contributed by atoms with Crippen LogP contribution < -0.4 is 10.1 Å². The lowest BCUT2D eigenvalue weighted by molar-refractivity contribution is -0.113. The monoisotopic (exact) mass is 481 g/mol. The van der Waals surface area contributed by atoms with Crippen molar-refractivity contribution < 1.29 is 9.53 Å². The molecule has 3 aromatic rings. The Labute approximate surface area is 202 Å². The third kappa shape index (κ3) is 5.23. The number of carbonyl (C=O) groups excluding carboxylic acids is 1. The van der Waals surface area contributed by atoms with Gasteiger partial charge < -0.3 is 14.6 Å². The van der Waals surface area contributed by atoms with E-state index in [9.17, 15) is 10.1 Å². The number of aromatic nitrogens is 3. The summed E-state index contributed by atoms with van der Waals surface area (Å²) in [5, 5.41) is 22.6. The van der Waals surface area contributed by atoms with Crippen molar-refractivity contribution in [2.24, 2.45) is 7.05 Å². The van der Waals surface area contributed by atoms with Gasteiger partial charge in [-0.25, -0.2) is 0 Å². The number of nitrogens with one attached hydrogen (secondary N) is 1. The Bertz CT molecular complexity index is 1180. The SMILES string of the molecule is CCOc1ccccc1-c1nnc(SCC(=O)Nc2sc3c(c2C#N)CCCCCC3)n1C. The van der Waals surface area contributed by atoms with E-state index in [-0.39, 0.29) is 11.7 Å². The number of rotatable bonds is 7. The highest BCUT2D eigenvalue weighted by Gasteiger charge is 2.21. The Kier molecular flexibility index (Phi) is 7.68. The number of nitrogens with zero attached hydrogens (tertiary/aromatic N) is 4. The predicted octanol–water partition coefficient (Wildman–Crippen LogP) is 5.20. The predicted molar refractivity (Wildman–Crippen MR) is 132 cm³/mol. The quantitative estimate of drug-likeness (QED) is 0.466. The lowest BCUT2D eigenvalue weighted by Gasteiger charge is -2.09. The molecule has 7 nitrogen and oxygen atoms in total. The van der Waals surface area contributed by atoms with Gasteiger partial charge in [0.15, 0.2) is 11.0 Å². The summed E-state index contributed by atoms with van der Waals surface area (Å²) in [6.07, 6.45) is 6.58. The standard InChI is InChI=1S/C24H27N5O2S2/c1-3-31-19-12-9-8-11-17(19)22-27-28-24(29(22)2)32-15-21(30)26-23-18(14-25)16-10-6-4-5-7-13-20(16)33-23/h8-9,11-12H,3-7,10,13,15H2,1-2H3,(H,26,30). The summed E-state index contributed by atoms with van der Waals surface area (Å²) >= 11 is 2.88. The minimum Gasteiger partial charge on any atom is -0.493 e. The fourth-order valence-corrected chi connectivity index (χ4v) is 5.99. The van der Waals surface area contributed by atoms with Crippen LogP contribution in [0.5, 0.6) is 5.75 Å². The molecule has 0 spiro atoms. The van der Waals surface area contributed by atoms with Crippen molar-refractivity contribution in [1.29, 1.82) is 5.26 Å². The van der Waals surface area contributed by atoms with E-state index in [0.29, 0.717) is 28.2 Å². The van der Waals surface area contributed by atoms with Crippen molar-refractivity contribution in [3.8, 4) is 23.2 Å². The Morgan fingerprint density at radius 2 is 2.03 bits per heavy atom.